The van der Waals surface area contributed by atoms with Gasteiger partial charge in [-0.05, 0) is 43.0 Å². The van der Waals surface area contributed by atoms with E-state index < -0.39 is 0 Å². The van der Waals surface area contributed by atoms with Crippen LogP contribution in [0.3, 0.4) is 0 Å². The molecule has 1 atom stereocenters. The summed E-state index contributed by atoms with van der Waals surface area (Å²) >= 11 is 0. The van der Waals surface area contributed by atoms with Crippen LogP contribution in [0.1, 0.15) is 40.9 Å². The van der Waals surface area contributed by atoms with Crippen LogP contribution in [0, 0.1) is 0 Å². The number of nitrogens with zero attached hydrogens (tertiary/aromatic N) is 2. The molecule has 22 heavy (non-hydrogen) atoms. The van der Waals surface area contributed by atoms with Crippen LogP contribution in [0.25, 0.3) is 0 Å². The number of rotatable bonds is 4. The number of carbonyl (C=O) groups excluding carboxylic acids is 1. The summed E-state index contributed by atoms with van der Waals surface area (Å²) in [5.74, 6) is 0.546. The van der Waals surface area contributed by atoms with Crippen molar-refractivity contribution in [3.63, 3.8) is 0 Å². The third-order valence-electron chi connectivity index (χ3n) is 4.19. The van der Waals surface area contributed by atoms with Gasteiger partial charge in [-0.25, -0.2) is 9.78 Å². The lowest BCUT2D eigenvalue weighted by molar-refractivity contribution is 0.0526. The molecule has 1 heterocycles. The van der Waals surface area contributed by atoms with E-state index in [1.807, 2.05) is 6.07 Å². The fourth-order valence-corrected chi connectivity index (χ4v) is 3.03. The predicted octanol–water partition coefficient (Wildman–Crippen LogP) is 3.38. The SMILES string of the molecule is CCOC(=O)c1ccc(N(C)[C@@H]2CCc3ccccc32)nc1. The molecule has 4 heteroatoms. The van der Waals surface area contributed by atoms with Crippen LogP contribution < -0.4 is 4.90 Å². The molecule has 0 N–H and O–H groups in total. The average Bonchev–Trinajstić information content (AvgIpc) is 2.98. The van der Waals surface area contributed by atoms with E-state index in [0.717, 1.165) is 18.7 Å². The maximum atomic E-state index is 11.7. The van der Waals surface area contributed by atoms with Crippen molar-refractivity contribution >= 4 is 11.8 Å². The first-order valence-electron chi connectivity index (χ1n) is 7.64. The monoisotopic (exact) mass is 296 g/mol. The molecule has 0 amide bonds. The second-order valence-corrected chi connectivity index (χ2v) is 5.49. The van der Waals surface area contributed by atoms with Crippen LogP contribution in [-0.2, 0) is 11.2 Å². The Kier molecular flexibility index (Phi) is 4.09. The van der Waals surface area contributed by atoms with Gasteiger partial charge >= 0.3 is 5.97 Å². The van der Waals surface area contributed by atoms with Crippen molar-refractivity contribution in [2.24, 2.45) is 0 Å². The second kappa shape index (κ2) is 6.18. The number of aryl methyl sites for hydroxylation is 1. The summed E-state index contributed by atoms with van der Waals surface area (Å²) in [5.41, 5.74) is 3.29. The molecule has 3 rings (SSSR count). The molecule has 1 aliphatic carbocycles. The zero-order chi connectivity index (χ0) is 15.5. The number of fused-ring (bicyclic) bond motifs is 1. The van der Waals surface area contributed by atoms with Crippen molar-refractivity contribution in [3.05, 3.63) is 59.3 Å². The van der Waals surface area contributed by atoms with Crippen LogP contribution in [-0.4, -0.2) is 24.6 Å². The highest BCUT2D eigenvalue weighted by molar-refractivity contribution is 5.89. The van der Waals surface area contributed by atoms with E-state index in [1.165, 1.54) is 11.1 Å². The number of aromatic nitrogens is 1. The summed E-state index contributed by atoms with van der Waals surface area (Å²) in [4.78, 5) is 18.3. The van der Waals surface area contributed by atoms with E-state index in [2.05, 4.69) is 41.2 Å². The van der Waals surface area contributed by atoms with Crippen molar-refractivity contribution < 1.29 is 9.53 Å². The van der Waals surface area contributed by atoms with Crippen LogP contribution in [0.5, 0.6) is 0 Å². The first kappa shape index (κ1) is 14.6. The number of carbonyl (C=O) groups is 1. The summed E-state index contributed by atoms with van der Waals surface area (Å²) in [5, 5.41) is 0. The Balaban J connectivity index is 1.79. The number of ether oxygens (including phenoxy) is 1. The summed E-state index contributed by atoms with van der Waals surface area (Å²) in [6.07, 6.45) is 3.79. The minimum atomic E-state index is -0.324. The fourth-order valence-electron chi connectivity index (χ4n) is 3.03. The van der Waals surface area contributed by atoms with E-state index in [9.17, 15) is 4.79 Å². The van der Waals surface area contributed by atoms with Crippen molar-refractivity contribution in [2.75, 3.05) is 18.6 Å². The quantitative estimate of drug-likeness (QED) is 0.811. The van der Waals surface area contributed by atoms with Gasteiger partial charge in [0.2, 0.25) is 0 Å². The maximum absolute atomic E-state index is 11.7. The highest BCUT2D eigenvalue weighted by Crippen LogP contribution is 2.36. The lowest BCUT2D eigenvalue weighted by Crippen LogP contribution is -2.23. The minimum Gasteiger partial charge on any atom is -0.462 e. The molecule has 2 aromatic rings. The zero-order valence-electron chi connectivity index (χ0n) is 13.0. The normalized spacial score (nSPS) is 16.2. The number of anilines is 1. The minimum absolute atomic E-state index is 0.324. The molecule has 1 aromatic carbocycles. The van der Waals surface area contributed by atoms with Gasteiger partial charge in [-0.1, -0.05) is 24.3 Å². The molecule has 0 saturated carbocycles. The van der Waals surface area contributed by atoms with Crippen molar-refractivity contribution in [1.29, 1.82) is 0 Å². The largest absolute Gasteiger partial charge is 0.462 e. The molecule has 114 valence electrons. The van der Waals surface area contributed by atoms with Crippen LogP contribution in [0.4, 0.5) is 5.82 Å². The Hall–Kier alpha value is -2.36. The molecular formula is C18H20N2O2. The number of esters is 1. The molecule has 0 saturated heterocycles. The standard InChI is InChI=1S/C18H20N2O2/c1-3-22-18(21)14-9-11-17(19-12-14)20(2)16-10-8-13-6-4-5-7-15(13)16/h4-7,9,11-12,16H,3,8,10H2,1-2H3/t16-/m1/s1. The first-order chi connectivity index (χ1) is 10.7. The van der Waals surface area contributed by atoms with Gasteiger partial charge in [-0.15, -0.1) is 0 Å². The second-order valence-electron chi connectivity index (χ2n) is 5.49. The van der Waals surface area contributed by atoms with Gasteiger partial charge in [-0.3, -0.25) is 0 Å². The zero-order valence-corrected chi connectivity index (χ0v) is 13.0. The molecule has 0 radical (unpaired) electrons. The first-order valence-corrected chi connectivity index (χ1v) is 7.64. The number of hydrogen-bond donors (Lipinski definition) is 0. The molecule has 0 bridgehead atoms. The van der Waals surface area contributed by atoms with Gasteiger partial charge in [0.1, 0.15) is 5.82 Å². The third kappa shape index (κ3) is 2.69. The highest BCUT2D eigenvalue weighted by Gasteiger charge is 2.26. The molecule has 0 unspecified atom stereocenters. The van der Waals surface area contributed by atoms with Gasteiger partial charge in [0.15, 0.2) is 0 Å². The lowest BCUT2D eigenvalue weighted by Gasteiger charge is -2.26. The van der Waals surface area contributed by atoms with E-state index >= 15 is 0 Å². The van der Waals surface area contributed by atoms with Crippen molar-refractivity contribution in [2.45, 2.75) is 25.8 Å². The van der Waals surface area contributed by atoms with E-state index in [0.29, 0.717) is 18.2 Å². The van der Waals surface area contributed by atoms with Gasteiger partial charge in [0, 0.05) is 13.2 Å². The smallest absolute Gasteiger partial charge is 0.339 e. The Labute approximate surface area is 130 Å². The molecule has 0 aliphatic heterocycles. The van der Waals surface area contributed by atoms with Crippen LogP contribution >= 0.6 is 0 Å². The molecule has 1 aliphatic rings. The predicted molar refractivity (Wildman–Crippen MR) is 86.1 cm³/mol. The van der Waals surface area contributed by atoms with Crippen LogP contribution in [0.2, 0.25) is 0 Å². The van der Waals surface area contributed by atoms with Crippen LogP contribution in [0.15, 0.2) is 42.6 Å². The fraction of sp³-hybridized carbons (Fsp3) is 0.333. The van der Waals surface area contributed by atoms with Gasteiger partial charge in [0.25, 0.3) is 0 Å². The lowest BCUT2D eigenvalue weighted by atomic mass is 10.1. The summed E-state index contributed by atoms with van der Waals surface area (Å²) in [6.45, 7) is 2.17. The van der Waals surface area contributed by atoms with E-state index in [4.69, 9.17) is 4.74 Å². The third-order valence-corrected chi connectivity index (χ3v) is 4.19. The Morgan fingerprint density at radius 1 is 1.32 bits per heavy atom. The van der Waals surface area contributed by atoms with Gasteiger partial charge in [0.05, 0.1) is 18.2 Å². The van der Waals surface area contributed by atoms with E-state index in [-0.39, 0.29) is 5.97 Å². The summed E-state index contributed by atoms with van der Waals surface area (Å²) in [6, 6.07) is 12.6. The number of pyridine rings is 1. The Morgan fingerprint density at radius 2 is 2.14 bits per heavy atom. The molecule has 0 spiro atoms. The molecule has 1 aromatic heterocycles. The van der Waals surface area contributed by atoms with E-state index in [1.54, 1.807) is 19.2 Å². The summed E-state index contributed by atoms with van der Waals surface area (Å²) < 4.78 is 4.98. The molecule has 0 fully saturated rings. The molecular weight excluding hydrogens is 276 g/mol. The van der Waals surface area contributed by atoms with Gasteiger partial charge in [-0.2, -0.15) is 0 Å². The number of benzene rings is 1. The number of hydrogen-bond acceptors (Lipinski definition) is 4. The summed E-state index contributed by atoms with van der Waals surface area (Å²) in [7, 11) is 2.05. The van der Waals surface area contributed by atoms with Crippen molar-refractivity contribution in [1.82, 2.24) is 4.98 Å². The maximum Gasteiger partial charge on any atom is 0.339 e. The molecule has 4 nitrogen and oxygen atoms in total. The Bertz CT molecular complexity index is 667. The highest BCUT2D eigenvalue weighted by atomic mass is 16.5. The van der Waals surface area contributed by atoms with Crippen molar-refractivity contribution in [3.8, 4) is 0 Å². The van der Waals surface area contributed by atoms with Gasteiger partial charge < -0.3 is 9.64 Å². The Morgan fingerprint density at radius 3 is 2.86 bits per heavy atom. The average molecular weight is 296 g/mol. The topological polar surface area (TPSA) is 42.4 Å².